The number of likely N-dealkylation sites (tertiary alicyclic amines) is 1. The van der Waals surface area contributed by atoms with Crippen molar-refractivity contribution in [2.45, 2.75) is 69.6 Å². The predicted octanol–water partition coefficient (Wildman–Crippen LogP) is 4.27. The Bertz CT molecular complexity index is 1090. The summed E-state index contributed by atoms with van der Waals surface area (Å²) in [5.74, 6) is 0.227. The molecule has 1 heterocycles. The van der Waals surface area contributed by atoms with E-state index >= 15 is 0 Å². The number of rotatable bonds is 10. The van der Waals surface area contributed by atoms with Crippen LogP contribution in [0.3, 0.4) is 0 Å². The number of nitrogens with zero attached hydrogens (tertiary/aromatic N) is 1. The first-order valence-electron chi connectivity index (χ1n) is 13.7. The Morgan fingerprint density at radius 3 is 2.68 bits per heavy atom. The Labute approximate surface area is 224 Å². The number of amides is 1. The van der Waals surface area contributed by atoms with Crippen molar-refractivity contribution in [1.82, 2.24) is 4.90 Å². The van der Waals surface area contributed by atoms with Crippen LogP contribution in [-0.4, -0.2) is 60.0 Å². The molecule has 4 rings (SSSR count). The number of benzene rings is 2. The molecule has 4 N–H and O–H groups in total. The molecule has 1 aliphatic heterocycles. The highest BCUT2D eigenvalue weighted by atomic mass is 19.1. The number of halogens is 1. The summed E-state index contributed by atoms with van der Waals surface area (Å²) in [5.41, 5.74) is 6.06. The zero-order valence-electron chi connectivity index (χ0n) is 22.4. The fourth-order valence-corrected chi connectivity index (χ4v) is 6.03. The minimum absolute atomic E-state index is 0.00917. The van der Waals surface area contributed by atoms with E-state index in [0.29, 0.717) is 61.6 Å². The lowest BCUT2D eigenvalue weighted by molar-refractivity contribution is -0.141. The van der Waals surface area contributed by atoms with Gasteiger partial charge in [0.05, 0.1) is 11.7 Å². The molecule has 1 saturated carbocycles. The van der Waals surface area contributed by atoms with Gasteiger partial charge in [0.1, 0.15) is 17.3 Å². The summed E-state index contributed by atoms with van der Waals surface area (Å²) >= 11 is 0. The van der Waals surface area contributed by atoms with Crippen molar-refractivity contribution in [2.24, 2.45) is 17.6 Å². The maximum absolute atomic E-state index is 13.7. The average Bonchev–Trinajstić information content (AvgIpc) is 3.26. The summed E-state index contributed by atoms with van der Waals surface area (Å²) < 4.78 is 25.2. The van der Waals surface area contributed by atoms with Gasteiger partial charge in [-0.05, 0) is 81.7 Å². The van der Waals surface area contributed by atoms with Gasteiger partial charge in [-0.3, -0.25) is 4.79 Å². The molecule has 208 valence electrons. The molecule has 2 aliphatic rings. The minimum Gasteiger partial charge on any atom is -0.457 e. The van der Waals surface area contributed by atoms with Crippen LogP contribution in [0.1, 0.15) is 56.1 Å². The van der Waals surface area contributed by atoms with Crippen LogP contribution in [0.4, 0.5) is 4.39 Å². The van der Waals surface area contributed by atoms with Crippen LogP contribution in [0.2, 0.25) is 0 Å². The van der Waals surface area contributed by atoms with Crippen molar-refractivity contribution in [2.75, 3.05) is 26.8 Å². The van der Waals surface area contributed by atoms with Crippen molar-refractivity contribution in [3.05, 3.63) is 59.4 Å². The zero-order chi connectivity index (χ0) is 27.3. The Hall–Kier alpha value is -2.52. The standard InChI is InChI=1S/C30H41FN2O5/c1-20-16-23(31)11-12-27(20)38-28-10-4-3-9-24(28)30(36,13-5-6-15-37-2)22-8-7-14-33(19-22)29(35)21-17-25(32)26(34)18-21/h3-4,9-12,16,21-22,25-26,34,36H,5-8,13-15,17-19,32H2,1-2H3. The first-order valence-corrected chi connectivity index (χ1v) is 13.7. The molecule has 1 saturated heterocycles. The lowest BCUT2D eigenvalue weighted by atomic mass is 9.73. The van der Waals surface area contributed by atoms with Gasteiger partial charge in [0, 0.05) is 50.2 Å². The molecule has 0 spiro atoms. The largest absolute Gasteiger partial charge is 0.457 e. The molecule has 7 nitrogen and oxygen atoms in total. The Balaban J connectivity index is 1.61. The highest BCUT2D eigenvalue weighted by molar-refractivity contribution is 5.79. The number of aryl methyl sites for hydroxylation is 1. The van der Waals surface area contributed by atoms with Gasteiger partial charge in [0.25, 0.3) is 0 Å². The fraction of sp³-hybridized carbons (Fsp3) is 0.567. The summed E-state index contributed by atoms with van der Waals surface area (Å²) in [6.45, 7) is 3.44. The number of hydrogen-bond acceptors (Lipinski definition) is 6. The number of ether oxygens (including phenoxy) is 2. The molecule has 8 heteroatoms. The zero-order valence-corrected chi connectivity index (χ0v) is 22.4. The van der Waals surface area contributed by atoms with Gasteiger partial charge in [-0.1, -0.05) is 18.2 Å². The minimum atomic E-state index is -1.25. The molecular weight excluding hydrogens is 487 g/mol. The second-order valence-electron chi connectivity index (χ2n) is 10.9. The van der Waals surface area contributed by atoms with E-state index in [-0.39, 0.29) is 29.6 Å². The second-order valence-corrected chi connectivity index (χ2v) is 10.9. The van der Waals surface area contributed by atoms with Crippen LogP contribution >= 0.6 is 0 Å². The Morgan fingerprint density at radius 2 is 1.97 bits per heavy atom. The van der Waals surface area contributed by atoms with E-state index in [1.54, 1.807) is 20.1 Å². The Morgan fingerprint density at radius 1 is 1.18 bits per heavy atom. The molecule has 2 aromatic carbocycles. The molecule has 1 aliphatic carbocycles. The highest BCUT2D eigenvalue weighted by Gasteiger charge is 2.44. The third-order valence-corrected chi connectivity index (χ3v) is 8.20. The molecule has 2 fully saturated rings. The van der Waals surface area contributed by atoms with E-state index in [2.05, 4.69) is 0 Å². The van der Waals surface area contributed by atoms with E-state index in [1.807, 2.05) is 29.2 Å². The fourth-order valence-electron chi connectivity index (χ4n) is 6.03. The predicted molar refractivity (Wildman–Crippen MR) is 143 cm³/mol. The van der Waals surface area contributed by atoms with Gasteiger partial charge in [0.15, 0.2) is 0 Å². The summed E-state index contributed by atoms with van der Waals surface area (Å²) in [6.07, 6.45) is 3.78. The Kier molecular flexibility index (Phi) is 9.41. The lowest BCUT2D eigenvalue weighted by Gasteiger charge is -2.44. The highest BCUT2D eigenvalue weighted by Crippen LogP contribution is 2.45. The van der Waals surface area contributed by atoms with Crippen LogP contribution in [0, 0.1) is 24.6 Å². The van der Waals surface area contributed by atoms with Gasteiger partial charge >= 0.3 is 0 Å². The monoisotopic (exact) mass is 528 g/mol. The number of hydrogen-bond donors (Lipinski definition) is 3. The molecular formula is C30H41FN2O5. The number of nitrogens with two attached hydrogens (primary N) is 1. The SMILES string of the molecule is COCCCCC(O)(c1ccccc1Oc1ccc(F)cc1C)C1CCCN(C(=O)C2CC(N)C(O)C2)C1. The number of aliphatic hydroxyl groups is 2. The molecule has 0 radical (unpaired) electrons. The maximum Gasteiger partial charge on any atom is 0.225 e. The first kappa shape index (κ1) is 28.5. The number of methoxy groups -OCH3 is 1. The number of carbonyl (C=O) groups is 1. The summed E-state index contributed by atoms with van der Waals surface area (Å²) in [5, 5.41) is 22.5. The molecule has 38 heavy (non-hydrogen) atoms. The third-order valence-electron chi connectivity index (χ3n) is 8.20. The first-order chi connectivity index (χ1) is 18.2. The van der Waals surface area contributed by atoms with Crippen molar-refractivity contribution in [3.8, 4) is 11.5 Å². The molecule has 0 aromatic heterocycles. The molecule has 1 amide bonds. The van der Waals surface area contributed by atoms with Crippen LogP contribution < -0.4 is 10.5 Å². The second kappa shape index (κ2) is 12.6. The van der Waals surface area contributed by atoms with Crippen LogP contribution in [0.15, 0.2) is 42.5 Å². The summed E-state index contributed by atoms with van der Waals surface area (Å²) in [6, 6.07) is 11.5. The van der Waals surface area contributed by atoms with Crippen molar-refractivity contribution in [3.63, 3.8) is 0 Å². The normalized spacial score (nSPS) is 25.3. The van der Waals surface area contributed by atoms with Crippen LogP contribution in [-0.2, 0) is 15.1 Å². The summed E-state index contributed by atoms with van der Waals surface area (Å²) in [4.78, 5) is 15.2. The number of para-hydroxylation sites is 1. The number of aliphatic hydroxyl groups excluding tert-OH is 1. The average molecular weight is 529 g/mol. The van der Waals surface area contributed by atoms with Crippen molar-refractivity contribution >= 4 is 5.91 Å². The molecule has 0 bridgehead atoms. The molecule has 2 aromatic rings. The van der Waals surface area contributed by atoms with Crippen molar-refractivity contribution < 1.29 is 28.9 Å². The molecule has 5 unspecified atom stereocenters. The topological polar surface area (TPSA) is 105 Å². The summed E-state index contributed by atoms with van der Waals surface area (Å²) in [7, 11) is 1.66. The van der Waals surface area contributed by atoms with E-state index < -0.39 is 11.7 Å². The van der Waals surface area contributed by atoms with Gasteiger partial charge in [0.2, 0.25) is 5.91 Å². The van der Waals surface area contributed by atoms with E-state index in [1.165, 1.54) is 12.1 Å². The van der Waals surface area contributed by atoms with Crippen LogP contribution in [0.5, 0.6) is 11.5 Å². The number of carbonyl (C=O) groups excluding carboxylic acids is 1. The quantitative estimate of drug-likeness (QED) is 0.398. The van der Waals surface area contributed by atoms with E-state index in [9.17, 15) is 19.4 Å². The van der Waals surface area contributed by atoms with Crippen molar-refractivity contribution in [1.29, 1.82) is 0 Å². The van der Waals surface area contributed by atoms with E-state index in [4.69, 9.17) is 15.2 Å². The lowest BCUT2D eigenvalue weighted by Crippen LogP contribution is -2.49. The third kappa shape index (κ3) is 6.37. The molecule has 5 atom stereocenters. The van der Waals surface area contributed by atoms with Gasteiger partial charge in [-0.2, -0.15) is 0 Å². The number of unbranched alkanes of at least 4 members (excludes halogenated alkanes) is 1. The van der Waals surface area contributed by atoms with Gasteiger partial charge in [-0.25, -0.2) is 4.39 Å². The van der Waals surface area contributed by atoms with Gasteiger partial charge < -0.3 is 30.3 Å². The number of piperidine rings is 1. The van der Waals surface area contributed by atoms with E-state index in [0.717, 1.165) is 25.7 Å². The van der Waals surface area contributed by atoms with Crippen LogP contribution in [0.25, 0.3) is 0 Å². The smallest absolute Gasteiger partial charge is 0.225 e. The van der Waals surface area contributed by atoms with Gasteiger partial charge in [-0.15, -0.1) is 0 Å². The maximum atomic E-state index is 13.7.